The third-order valence-electron chi connectivity index (χ3n) is 3.11. The zero-order valence-electron chi connectivity index (χ0n) is 12.2. The fourth-order valence-corrected chi connectivity index (χ4v) is 3.29. The molecule has 0 aliphatic carbocycles. The van der Waals surface area contributed by atoms with Crippen molar-refractivity contribution in [1.82, 2.24) is 5.32 Å². The number of aliphatic hydroxyl groups is 1. The lowest BCUT2D eigenvalue weighted by Crippen LogP contribution is -2.47. The molecule has 0 radical (unpaired) electrons. The quantitative estimate of drug-likeness (QED) is 0.720. The number of halogens is 2. The van der Waals surface area contributed by atoms with E-state index in [0.717, 1.165) is 19.0 Å². The molecule has 1 aromatic rings. The minimum atomic E-state index is -0.565. The van der Waals surface area contributed by atoms with E-state index < -0.39 is 11.6 Å². The summed E-state index contributed by atoms with van der Waals surface area (Å²) >= 11 is 1.36. The van der Waals surface area contributed by atoms with Crippen LogP contribution >= 0.6 is 11.8 Å². The molecule has 0 saturated carbocycles. The van der Waals surface area contributed by atoms with Crippen LogP contribution in [0.4, 0.5) is 8.78 Å². The summed E-state index contributed by atoms with van der Waals surface area (Å²) in [6, 6.07) is 3.62. The summed E-state index contributed by atoms with van der Waals surface area (Å²) in [5, 5.41) is 12.9. The summed E-state index contributed by atoms with van der Waals surface area (Å²) in [6.07, 6.45) is 1.69. The highest BCUT2D eigenvalue weighted by Crippen LogP contribution is 2.30. The standard InChI is InChI=1S/C15H23F2NOS/c1-4-7-18-15(3,10-19)9-11(2)20-14-6-5-12(16)8-13(14)17/h5-6,8,11,18-19H,4,7,9-10H2,1-3H3. The van der Waals surface area contributed by atoms with E-state index in [4.69, 9.17) is 0 Å². The summed E-state index contributed by atoms with van der Waals surface area (Å²) in [5.74, 6) is -1.10. The summed E-state index contributed by atoms with van der Waals surface area (Å²) in [5.41, 5.74) is -0.376. The van der Waals surface area contributed by atoms with Crippen molar-refractivity contribution in [2.45, 2.75) is 49.3 Å². The normalized spacial score (nSPS) is 15.9. The third-order valence-corrected chi connectivity index (χ3v) is 4.26. The summed E-state index contributed by atoms with van der Waals surface area (Å²) in [6.45, 7) is 6.87. The van der Waals surface area contributed by atoms with E-state index in [2.05, 4.69) is 12.2 Å². The van der Waals surface area contributed by atoms with Crippen molar-refractivity contribution in [3.63, 3.8) is 0 Å². The van der Waals surface area contributed by atoms with Gasteiger partial charge in [-0.3, -0.25) is 0 Å². The van der Waals surface area contributed by atoms with Gasteiger partial charge in [-0.2, -0.15) is 0 Å². The van der Waals surface area contributed by atoms with Gasteiger partial charge in [-0.05, 0) is 38.4 Å². The lowest BCUT2D eigenvalue weighted by atomic mass is 9.97. The molecule has 1 rings (SSSR count). The van der Waals surface area contributed by atoms with Gasteiger partial charge in [0, 0.05) is 21.8 Å². The molecule has 2 atom stereocenters. The highest BCUT2D eigenvalue weighted by Gasteiger charge is 2.25. The van der Waals surface area contributed by atoms with Crippen LogP contribution in [0.25, 0.3) is 0 Å². The maximum atomic E-state index is 13.6. The van der Waals surface area contributed by atoms with E-state index in [1.807, 2.05) is 13.8 Å². The van der Waals surface area contributed by atoms with E-state index in [1.54, 1.807) is 0 Å². The molecule has 0 fully saturated rings. The Balaban J connectivity index is 2.63. The van der Waals surface area contributed by atoms with E-state index in [-0.39, 0.29) is 17.4 Å². The van der Waals surface area contributed by atoms with Crippen molar-refractivity contribution in [1.29, 1.82) is 0 Å². The number of thioether (sulfide) groups is 1. The smallest absolute Gasteiger partial charge is 0.139 e. The van der Waals surface area contributed by atoms with Crippen LogP contribution in [0.5, 0.6) is 0 Å². The monoisotopic (exact) mass is 303 g/mol. The molecule has 5 heteroatoms. The van der Waals surface area contributed by atoms with Gasteiger partial charge in [-0.1, -0.05) is 13.8 Å². The van der Waals surface area contributed by atoms with Gasteiger partial charge >= 0.3 is 0 Å². The van der Waals surface area contributed by atoms with Gasteiger partial charge in [0.05, 0.1) is 6.61 Å². The summed E-state index contributed by atoms with van der Waals surface area (Å²) in [7, 11) is 0. The van der Waals surface area contributed by atoms with Crippen LogP contribution in [0, 0.1) is 11.6 Å². The SMILES string of the molecule is CCCNC(C)(CO)CC(C)Sc1ccc(F)cc1F. The van der Waals surface area contributed by atoms with Gasteiger partial charge in [0.1, 0.15) is 11.6 Å². The van der Waals surface area contributed by atoms with Crippen molar-refractivity contribution in [3.05, 3.63) is 29.8 Å². The number of hydrogen-bond donors (Lipinski definition) is 2. The highest BCUT2D eigenvalue weighted by molar-refractivity contribution is 8.00. The van der Waals surface area contributed by atoms with E-state index in [1.165, 1.54) is 23.9 Å². The second-order valence-electron chi connectivity index (χ2n) is 5.35. The van der Waals surface area contributed by atoms with Gasteiger partial charge < -0.3 is 10.4 Å². The van der Waals surface area contributed by atoms with E-state index in [0.29, 0.717) is 11.3 Å². The lowest BCUT2D eigenvalue weighted by Gasteiger charge is -2.31. The molecule has 2 nitrogen and oxygen atoms in total. The van der Waals surface area contributed by atoms with Crippen molar-refractivity contribution in [2.75, 3.05) is 13.2 Å². The fraction of sp³-hybridized carbons (Fsp3) is 0.600. The largest absolute Gasteiger partial charge is 0.394 e. The molecule has 0 amide bonds. The first-order valence-corrected chi connectivity index (χ1v) is 7.76. The lowest BCUT2D eigenvalue weighted by molar-refractivity contribution is 0.166. The maximum Gasteiger partial charge on any atom is 0.139 e. The molecule has 0 spiro atoms. The Hall–Kier alpha value is -0.650. The van der Waals surface area contributed by atoms with Crippen LogP contribution < -0.4 is 5.32 Å². The van der Waals surface area contributed by atoms with Gasteiger partial charge in [0.25, 0.3) is 0 Å². The number of rotatable bonds is 8. The molecule has 20 heavy (non-hydrogen) atoms. The molecule has 1 aromatic carbocycles. The molecule has 2 unspecified atom stereocenters. The average molecular weight is 303 g/mol. The van der Waals surface area contributed by atoms with Crippen molar-refractivity contribution < 1.29 is 13.9 Å². The van der Waals surface area contributed by atoms with E-state index in [9.17, 15) is 13.9 Å². The first-order valence-electron chi connectivity index (χ1n) is 6.88. The number of hydrogen-bond acceptors (Lipinski definition) is 3. The fourth-order valence-electron chi connectivity index (χ4n) is 2.08. The topological polar surface area (TPSA) is 32.3 Å². The van der Waals surface area contributed by atoms with Crippen molar-refractivity contribution in [3.8, 4) is 0 Å². The summed E-state index contributed by atoms with van der Waals surface area (Å²) in [4.78, 5) is 0.440. The van der Waals surface area contributed by atoms with Crippen LogP contribution in [-0.2, 0) is 0 Å². The maximum absolute atomic E-state index is 13.6. The molecule has 0 aromatic heterocycles. The van der Waals surface area contributed by atoms with Gasteiger partial charge in [-0.25, -0.2) is 8.78 Å². The number of nitrogens with one attached hydrogen (secondary N) is 1. The molecule has 0 aliphatic heterocycles. The predicted molar refractivity (Wildman–Crippen MR) is 80.1 cm³/mol. The second-order valence-corrected chi connectivity index (χ2v) is 6.83. The number of aliphatic hydroxyl groups excluding tert-OH is 1. The van der Waals surface area contributed by atoms with Gasteiger partial charge in [0.15, 0.2) is 0 Å². The molecular weight excluding hydrogens is 280 g/mol. The average Bonchev–Trinajstić information content (AvgIpc) is 2.40. The molecule has 114 valence electrons. The van der Waals surface area contributed by atoms with Crippen molar-refractivity contribution in [2.24, 2.45) is 0 Å². The van der Waals surface area contributed by atoms with Gasteiger partial charge in [0.2, 0.25) is 0 Å². The Bertz CT molecular complexity index is 430. The minimum absolute atomic E-state index is 0.0315. The van der Waals surface area contributed by atoms with Crippen LogP contribution in [-0.4, -0.2) is 29.0 Å². The zero-order valence-corrected chi connectivity index (χ0v) is 13.1. The number of benzene rings is 1. The molecule has 0 aliphatic rings. The molecular formula is C15H23F2NOS. The Kier molecular flexibility index (Phi) is 6.92. The third kappa shape index (κ3) is 5.38. The first-order chi connectivity index (χ1) is 9.40. The van der Waals surface area contributed by atoms with Crippen LogP contribution in [0.2, 0.25) is 0 Å². The van der Waals surface area contributed by atoms with Crippen LogP contribution in [0.15, 0.2) is 23.1 Å². The second kappa shape index (κ2) is 7.96. The Labute approximate surface area is 124 Å². The Morgan fingerprint density at radius 2 is 2.10 bits per heavy atom. The van der Waals surface area contributed by atoms with Crippen LogP contribution in [0.1, 0.15) is 33.6 Å². The highest BCUT2D eigenvalue weighted by atomic mass is 32.2. The molecule has 0 saturated heterocycles. The van der Waals surface area contributed by atoms with Crippen molar-refractivity contribution >= 4 is 11.8 Å². The Morgan fingerprint density at radius 3 is 2.65 bits per heavy atom. The molecule has 2 N–H and O–H groups in total. The first kappa shape index (κ1) is 17.4. The van der Waals surface area contributed by atoms with Gasteiger partial charge in [-0.15, -0.1) is 11.8 Å². The molecule has 0 bridgehead atoms. The minimum Gasteiger partial charge on any atom is -0.394 e. The van der Waals surface area contributed by atoms with E-state index >= 15 is 0 Å². The molecule has 0 heterocycles. The zero-order chi connectivity index (χ0) is 15.2. The van der Waals surface area contributed by atoms with Crippen LogP contribution in [0.3, 0.4) is 0 Å². The predicted octanol–water partition coefficient (Wildman–Crippen LogP) is 3.59. The summed E-state index contributed by atoms with van der Waals surface area (Å²) < 4.78 is 26.5. The Morgan fingerprint density at radius 1 is 1.40 bits per heavy atom.